The van der Waals surface area contributed by atoms with Gasteiger partial charge in [-0.3, -0.25) is 9.59 Å². The first-order valence-electron chi connectivity index (χ1n) is 6.75. The van der Waals surface area contributed by atoms with Crippen molar-refractivity contribution < 1.29 is 14.3 Å². The van der Waals surface area contributed by atoms with E-state index < -0.39 is 0 Å². The number of nitrogens with one attached hydrogen (secondary N) is 1. The van der Waals surface area contributed by atoms with E-state index in [9.17, 15) is 9.59 Å². The van der Waals surface area contributed by atoms with Gasteiger partial charge in [0.15, 0.2) is 0 Å². The van der Waals surface area contributed by atoms with Crippen molar-refractivity contribution in [2.75, 3.05) is 31.7 Å². The number of amides is 2. The lowest BCUT2D eigenvalue weighted by Crippen LogP contribution is -2.32. The molecule has 0 unspecified atom stereocenters. The van der Waals surface area contributed by atoms with Crippen LogP contribution in [0.15, 0.2) is 40.1 Å². The van der Waals surface area contributed by atoms with Crippen molar-refractivity contribution >= 4 is 29.3 Å². The first-order chi connectivity index (χ1) is 10.1. The Morgan fingerprint density at radius 2 is 2.19 bits per heavy atom. The monoisotopic (exact) mass is 306 g/mol. The molecule has 0 aromatic heterocycles. The number of benzene rings is 1. The van der Waals surface area contributed by atoms with Crippen molar-refractivity contribution in [2.45, 2.75) is 11.8 Å². The minimum atomic E-state index is -0.279. The highest BCUT2D eigenvalue weighted by molar-refractivity contribution is 8.04. The predicted molar refractivity (Wildman–Crippen MR) is 83.3 cm³/mol. The molecule has 0 spiro atoms. The van der Waals surface area contributed by atoms with Crippen LogP contribution in [0.3, 0.4) is 0 Å². The van der Waals surface area contributed by atoms with Gasteiger partial charge in [-0.25, -0.2) is 0 Å². The molecule has 0 radical (unpaired) electrons. The standard InChI is InChI=1S/C15H18N2O3S/c1-3-20-9-8-16-14(18)10-13-15(19)17(2)11-6-4-5-7-12(11)21-13/h4-7,10H,3,8-9H2,1-2H3,(H,16,18)/b13-10+. The van der Waals surface area contributed by atoms with Crippen LogP contribution < -0.4 is 10.2 Å². The van der Waals surface area contributed by atoms with Crippen molar-refractivity contribution in [2.24, 2.45) is 0 Å². The summed E-state index contributed by atoms with van der Waals surface area (Å²) in [6, 6.07) is 7.62. The van der Waals surface area contributed by atoms with E-state index in [0.29, 0.717) is 24.7 Å². The van der Waals surface area contributed by atoms with Gasteiger partial charge in [0.1, 0.15) is 0 Å². The second-order valence-electron chi connectivity index (χ2n) is 4.43. The van der Waals surface area contributed by atoms with Crippen LogP contribution in [0.4, 0.5) is 5.69 Å². The molecule has 1 N–H and O–H groups in total. The number of carbonyl (C=O) groups excluding carboxylic acids is 2. The highest BCUT2D eigenvalue weighted by Gasteiger charge is 2.26. The SMILES string of the molecule is CCOCCNC(=O)/C=C1/Sc2ccccc2N(C)C1=O. The number of fused-ring (bicyclic) bond motifs is 1. The van der Waals surface area contributed by atoms with Crippen LogP contribution in [0, 0.1) is 0 Å². The third kappa shape index (κ3) is 3.86. The summed E-state index contributed by atoms with van der Waals surface area (Å²) in [6.45, 7) is 3.41. The molecular formula is C15H18N2O3S. The average Bonchev–Trinajstić information content (AvgIpc) is 2.49. The molecule has 0 aliphatic carbocycles. The summed E-state index contributed by atoms with van der Waals surface area (Å²) < 4.78 is 5.14. The second kappa shape index (κ2) is 7.28. The van der Waals surface area contributed by atoms with Gasteiger partial charge < -0.3 is 15.0 Å². The highest BCUT2D eigenvalue weighted by atomic mass is 32.2. The Kier molecular flexibility index (Phi) is 5.41. The van der Waals surface area contributed by atoms with Crippen LogP contribution in [0.25, 0.3) is 0 Å². The summed E-state index contributed by atoms with van der Waals surface area (Å²) in [6.07, 6.45) is 1.35. The van der Waals surface area contributed by atoms with E-state index in [1.807, 2.05) is 31.2 Å². The minimum absolute atomic E-state index is 0.168. The quantitative estimate of drug-likeness (QED) is 0.665. The van der Waals surface area contributed by atoms with E-state index in [0.717, 1.165) is 10.6 Å². The Hall–Kier alpha value is -1.79. The fourth-order valence-electron chi connectivity index (χ4n) is 1.91. The molecule has 1 aromatic rings. The molecule has 0 saturated carbocycles. The minimum Gasteiger partial charge on any atom is -0.380 e. The van der Waals surface area contributed by atoms with E-state index in [4.69, 9.17) is 4.74 Å². The Balaban J connectivity index is 2.05. The molecule has 5 nitrogen and oxygen atoms in total. The zero-order valence-electron chi connectivity index (χ0n) is 12.1. The summed E-state index contributed by atoms with van der Waals surface area (Å²) in [7, 11) is 1.71. The van der Waals surface area contributed by atoms with Crippen molar-refractivity contribution in [3.63, 3.8) is 0 Å². The number of para-hydroxylation sites is 1. The van der Waals surface area contributed by atoms with Gasteiger partial charge in [0.05, 0.1) is 17.2 Å². The van der Waals surface area contributed by atoms with Crippen LogP contribution in [0.5, 0.6) is 0 Å². The number of rotatable bonds is 5. The molecule has 1 aromatic carbocycles. The van der Waals surface area contributed by atoms with Crippen LogP contribution in [-0.4, -0.2) is 38.6 Å². The molecule has 0 saturated heterocycles. The molecule has 1 heterocycles. The van der Waals surface area contributed by atoms with E-state index in [-0.39, 0.29) is 11.8 Å². The largest absolute Gasteiger partial charge is 0.380 e. The Labute approximate surface area is 128 Å². The first kappa shape index (κ1) is 15.6. The van der Waals surface area contributed by atoms with Gasteiger partial charge in [-0.2, -0.15) is 0 Å². The van der Waals surface area contributed by atoms with Crippen LogP contribution >= 0.6 is 11.8 Å². The molecule has 0 bridgehead atoms. The number of nitrogens with zero attached hydrogens (tertiary/aromatic N) is 1. The Bertz CT molecular complexity index is 572. The van der Waals surface area contributed by atoms with Gasteiger partial charge in [-0.1, -0.05) is 23.9 Å². The maximum atomic E-state index is 12.2. The summed E-state index contributed by atoms with van der Waals surface area (Å²) in [5.74, 6) is -0.447. The fourth-order valence-corrected chi connectivity index (χ4v) is 2.99. The summed E-state index contributed by atoms with van der Waals surface area (Å²) in [5, 5.41) is 2.70. The van der Waals surface area contributed by atoms with Crippen LogP contribution in [0.1, 0.15) is 6.92 Å². The molecule has 1 aliphatic heterocycles. The van der Waals surface area contributed by atoms with Gasteiger partial charge in [-0.15, -0.1) is 0 Å². The molecule has 0 atom stereocenters. The number of carbonyl (C=O) groups is 2. The number of thioether (sulfide) groups is 1. The van der Waals surface area contributed by atoms with Crippen LogP contribution in [0.2, 0.25) is 0 Å². The van der Waals surface area contributed by atoms with Crippen molar-refractivity contribution in [3.8, 4) is 0 Å². The summed E-state index contributed by atoms with van der Waals surface area (Å²) in [4.78, 5) is 27.0. The van der Waals surface area contributed by atoms with Gasteiger partial charge in [-0.05, 0) is 19.1 Å². The lowest BCUT2D eigenvalue weighted by molar-refractivity contribution is -0.118. The van der Waals surface area contributed by atoms with Crippen molar-refractivity contribution in [1.29, 1.82) is 0 Å². The van der Waals surface area contributed by atoms with E-state index in [1.165, 1.54) is 17.8 Å². The normalized spacial score (nSPS) is 16.0. The third-order valence-electron chi connectivity index (χ3n) is 2.97. The van der Waals surface area contributed by atoms with Gasteiger partial charge in [0, 0.05) is 31.2 Å². The van der Waals surface area contributed by atoms with Crippen molar-refractivity contribution in [3.05, 3.63) is 35.2 Å². The Morgan fingerprint density at radius 3 is 2.95 bits per heavy atom. The third-order valence-corrected chi connectivity index (χ3v) is 4.05. The highest BCUT2D eigenvalue weighted by Crippen LogP contribution is 2.40. The van der Waals surface area contributed by atoms with Gasteiger partial charge in [0.2, 0.25) is 5.91 Å². The number of ether oxygens (including phenoxy) is 1. The predicted octanol–water partition coefficient (Wildman–Crippen LogP) is 1.79. The average molecular weight is 306 g/mol. The van der Waals surface area contributed by atoms with Crippen LogP contribution in [-0.2, 0) is 14.3 Å². The molecule has 2 amide bonds. The summed E-state index contributed by atoms with van der Waals surface area (Å²) >= 11 is 1.32. The molecule has 2 rings (SSSR count). The second-order valence-corrected chi connectivity index (χ2v) is 5.51. The molecular weight excluding hydrogens is 288 g/mol. The van der Waals surface area contributed by atoms with E-state index >= 15 is 0 Å². The van der Waals surface area contributed by atoms with E-state index in [2.05, 4.69) is 5.32 Å². The number of hydrogen-bond donors (Lipinski definition) is 1. The number of likely N-dealkylation sites (N-methyl/N-ethyl adjacent to an activating group) is 1. The molecule has 6 heteroatoms. The number of anilines is 1. The maximum Gasteiger partial charge on any atom is 0.265 e. The zero-order valence-corrected chi connectivity index (χ0v) is 12.9. The molecule has 21 heavy (non-hydrogen) atoms. The number of hydrogen-bond acceptors (Lipinski definition) is 4. The van der Waals surface area contributed by atoms with Crippen molar-refractivity contribution in [1.82, 2.24) is 5.32 Å². The molecule has 112 valence electrons. The summed E-state index contributed by atoms with van der Waals surface area (Å²) in [5.41, 5.74) is 0.862. The zero-order chi connectivity index (χ0) is 15.2. The Morgan fingerprint density at radius 1 is 1.43 bits per heavy atom. The molecule has 0 fully saturated rings. The fraction of sp³-hybridized carbons (Fsp3) is 0.333. The maximum absolute atomic E-state index is 12.2. The molecule has 1 aliphatic rings. The van der Waals surface area contributed by atoms with Gasteiger partial charge in [0.25, 0.3) is 5.91 Å². The van der Waals surface area contributed by atoms with E-state index in [1.54, 1.807) is 11.9 Å². The lowest BCUT2D eigenvalue weighted by atomic mass is 10.2. The topological polar surface area (TPSA) is 58.6 Å². The first-order valence-corrected chi connectivity index (χ1v) is 7.57. The van der Waals surface area contributed by atoms with Gasteiger partial charge >= 0.3 is 0 Å². The lowest BCUT2D eigenvalue weighted by Gasteiger charge is -2.26. The smallest absolute Gasteiger partial charge is 0.265 e.